The van der Waals surface area contributed by atoms with Gasteiger partial charge in [-0.15, -0.1) is 24.0 Å². The molecule has 31 heavy (non-hydrogen) atoms. The van der Waals surface area contributed by atoms with Gasteiger partial charge in [-0.05, 0) is 43.2 Å². The van der Waals surface area contributed by atoms with E-state index in [1.54, 1.807) is 31.2 Å². The van der Waals surface area contributed by atoms with Crippen molar-refractivity contribution < 1.29 is 27.4 Å². The van der Waals surface area contributed by atoms with Crippen molar-refractivity contribution in [2.75, 3.05) is 13.2 Å². The zero-order valence-electron chi connectivity index (χ0n) is 17.2. The summed E-state index contributed by atoms with van der Waals surface area (Å²) in [5.41, 5.74) is 2.24. The van der Waals surface area contributed by atoms with E-state index in [0.29, 0.717) is 23.6 Å². The third-order valence-corrected chi connectivity index (χ3v) is 4.10. The first-order chi connectivity index (χ1) is 14.2. The van der Waals surface area contributed by atoms with Gasteiger partial charge in [-0.1, -0.05) is 18.2 Å². The number of aliphatic hydroxyl groups excluding tert-OH is 1. The van der Waals surface area contributed by atoms with Crippen molar-refractivity contribution in [1.29, 1.82) is 0 Å². The Hall–Kier alpha value is -2.08. The van der Waals surface area contributed by atoms with Gasteiger partial charge in [0.1, 0.15) is 11.6 Å². The maximum absolute atomic E-state index is 13.5. The molecule has 0 radical (unpaired) electrons. The van der Waals surface area contributed by atoms with Crippen LogP contribution in [0.15, 0.2) is 41.4 Å². The summed E-state index contributed by atoms with van der Waals surface area (Å²) in [4.78, 5) is 4.41. The van der Waals surface area contributed by atoms with E-state index in [9.17, 15) is 22.7 Å². The lowest BCUT2D eigenvalue weighted by molar-refractivity contribution is -0.153. The maximum Gasteiger partial charge on any atom is 0.422 e. The topological polar surface area (TPSA) is 65.9 Å². The van der Waals surface area contributed by atoms with Crippen molar-refractivity contribution in [1.82, 2.24) is 10.6 Å². The Labute approximate surface area is 195 Å². The van der Waals surface area contributed by atoms with Gasteiger partial charge in [0, 0.05) is 24.2 Å². The third kappa shape index (κ3) is 9.30. The Bertz CT molecular complexity index is 876. The van der Waals surface area contributed by atoms with Crippen LogP contribution in [0.3, 0.4) is 0 Å². The first kappa shape index (κ1) is 27.0. The minimum atomic E-state index is -4.42. The molecule has 5 nitrogen and oxygen atoms in total. The molecule has 0 aromatic heterocycles. The van der Waals surface area contributed by atoms with Gasteiger partial charge in [0.2, 0.25) is 0 Å². The second kappa shape index (κ2) is 12.7. The van der Waals surface area contributed by atoms with Crippen LogP contribution in [-0.2, 0) is 19.7 Å². The summed E-state index contributed by atoms with van der Waals surface area (Å²) in [5, 5.41) is 15.3. The Morgan fingerprint density at radius 1 is 1.10 bits per heavy atom. The van der Waals surface area contributed by atoms with Crippen LogP contribution < -0.4 is 15.4 Å². The normalized spacial score (nSPS) is 11.6. The van der Waals surface area contributed by atoms with Crippen molar-refractivity contribution >= 4 is 29.9 Å². The lowest BCUT2D eigenvalue weighted by Gasteiger charge is -2.16. The summed E-state index contributed by atoms with van der Waals surface area (Å²) in [6, 6.07) is 9.42. The molecular formula is C21H26F4IN3O2. The number of aliphatic hydroxyl groups is 1. The molecule has 172 valence electrons. The molecule has 0 saturated heterocycles. The molecule has 3 N–H and O–H groups in total. The highest BCUT2D eigenvalue weighted by Crippen LogP contribution is 2.23. The molecule has 0 fully saturated rings. The quantitative estimate of drug-likeness (QED) is 0.195. The minimum Gasteiger partial charge on any atom is -0.484 e. The van der Waals surface area contributed by atoms with E-state index in [2.05, 4.69) is 15.6 Å². The van der Waals surface area contributed by atoms with Crippen LogP contribution in [0.25, 0.3) is 0 Å². The highest BCUT2D eigenvalue weighted by molar-refractivity contribution is 14.0. The Kier molecular flexibility index (Phi) is 11.0. The van der Waals surface area contributed by atoms with E-state index in [4.69, 9.17) is 4.74 Å². The maximum atomic E-state index is 13.5. The average Bonchev–Trinajstić information content (AvgIpc) is 2.69. The summed E-state index contributed by atoms with van der Waals surface area (Å²) in [6.07, 6.45) is -4.42. The summed E-state index contributed by atoms with van der Waals surface area (Å²) >= 11 is 0. The van der Waals surface area contributed by atoms with Crippen molar-refractivity contribution in [3.05, 3.63) is 64.5 Å². The van der Waals surface area contributed by atoms with Gasteiger partial charge in [-0.2, -0.15) is 13.2 Å². The van der Waals surface area contributed by atoms with Gasteiger partial charge in [0.05, 0.1) is 13.2 Å². The molecule has 0 amide bonds. The molecule has 0 unspecified atom stereocenters. The van der Waals surface area contributed by atoms with E-state index in [1.165, 1.54) is 12.1 Å². The van der Waals surface area contributed by atoms with Gasteiger partial charge in [-0.25, -0.2) is 9.38 Å². The molecule has 0 heterocycles. The average molecular weight is 555 g/mol. The fraction of sp³-hybridized carbons (Fsp3) is 0.381. The molecule has 0 aliphatic carbocycles. The number of hydrogen-bond acceptors (Lipinski definition) is 3. The number of aliphatic imine (C=N–C) groups is 1. The second-order valence-corrected chi connectivity index (χ2v) is 6.65. The fourth-order valence-electron chi connectivity index (χ4n) is 2.64. The molecule has 0 atom stereocenters. The first-order valence-electron chi connectivity index (χ1n) is 9.41. The van der Waals surface area contributed by atoms with E-state index in [1.807, 2.05) is 6.92 Å². The van der Waals surface area contributed by atoms with Crippen molar-refractivity contribution in [2.45, 2.75) is 39.7 Å². The number of nitrogens with zero attached hydrogens (tertiary/aromatic N) is 1. The van der Waals surface area contributed by atoms with E-state index in [0.717, 1.165) is 5.56 Å². The zero-order chi connectivity index (χ0) is 22.1. The molecule has 2 aromatic rings. The number of hydrogen-bond donors (Lipinski definition) is 3. The van der Waals surface area contributed by atoms with Crippen LogP contribution in [0.2, 0.25) is 0 Å². The molecule has 10 heteroatoms. The Balaban J connectivity index is 0.00000480. The van der Waals surface area contributed by atoms with Crippen LogP contribution in [0, 0.1) is 12.7 Å². The standard InChI is InChI=1S/C21H25F4N3O2.HI/c1-3-26-20(27-10-15-5-7-18(22)17(9-15)12-29)28-11-16-6-4-14(2)8-19(16)30-13-21(23,24)25;/h4-9,29H,3,10-13H2,1-2H3,(H2,26,27,28);1H. The first-order valence-corrected chi connectivity index (χ1v) is 9.41. The number of halogens is 5. The van der Waals surface area contributed by atoms with Crippen LogP contribution in [-0.4, -0.2) is 30.4 Å². The number of guanidine groups is 1. The molecule has 2 rings (SSSR count). The molecule has 0 spiro atoms. The van der Waals surface area contributed by atoms with Gasteiger partial charge in [0.25, 0.3) is 0 Å². The second-order valence-electron chi connectivity index (χ2n) is 6.65. The van der Waals surface area contributed by atoms with E-state index < -0.39 is 25.2 Å². The number of aryl methyl sites for hydroxylation is 1. The molecule has 2 aromatic carbocycles. The largest absolute Gasteiger partial charge is 0.484 e. The van der Waals surface area contributed by atoms with Gasteiger partial charge >= 0.3 is 6.18 Å². The number of alkyl halides is 3. The van der Waals surface area contributed by atoms with Crippen LogP contribution in [0.1, 0.15) is 29.2 Å². The number of ether oxygens (including phenoxy) is 1. The van der Waals surface area contributed by atoms with Gasteiger partial charge in [0.15, 0.2) is 12.6 Å². The number of benzene rings is 2. The molecule has 0 bridgehead atoms. The summed E-state index contributed by atoms with van der Waals surface area (Å²) in [7, 11) is 0. The monoisotopic (exact) mass is 555 g/mol. The molecule has 0 aliphatic rings. The lowest BCUT2D eigenvalue weighted by Crippen LogP contribution is -2.37. The smallest absolute Gasteiger partial charge is 0.422 e. The van der Waals surface area contributed by atoms with Gasteiger partial charge in [-0.3, -0.25) is 0 Å². The Morgan fingerprint density at radius 3 is 2.48 bits per heavy atom. The van der Waals surface area contributed by atoms with Crippen molar-refractivity contribution in [2.24, 2.45) is 4.99 Å². The summed E-state index contributed by atoms with van der Waals surface area (Å²) < 4.78 is 56.0. The van der Waals surface area contributed by atoms with Crippen LogP contribution in [0.4, 0.5) is 17.6 Å². The van der Waals surface area contributed by atoms with Crippen LogP contribution in [0.5, 0.6) is 5.75 Å². The summed E-state index contributed by atoms with van der Waals surface area (Å²) in [5.74, 6) is 0.109. The fourth-order valence-corrected chi connectivity index (χ4v) is 2.64. The predicted octanol–water partition coefficient (Wildman–Crippen LogP) is 4.44. The van der Waals surface area contributed by atoms with E-state index >= 15 is 0 Å². The Morgan fingerprint density at radius 2 is 1.84 bits per heavy atom. The highest BCUT2D eigenvalue weighted by atomic mass is 127. The lowest BCUT2D eigenvalue weighted by atomic mass is 10.1. The number of nitrogens with one attached hydrogen (secondary N) is 2. The van der Waals surface area contributed by atoms with Crippen LogP contribution >= 0.6 is 24.0 Å². The van der Waals surface area contributed by atoms with Gasteiger partial charge < -0.3 is 20.5 Å². The zero-order valence-corrected chi connectivity index (χ0v) is 19.6. The van der Waals surface area contributed by atoms with Crippen molar-refractivity contribution in [3.63, 3.8) is 0 Å². The van der Waals surface area contributed by atoms with E-state index in [-0.39, 0.29) is 48.4 Å². The highest BCUT2D eigenvalue weighted by Gasteiger charge is 2.28. The molecule has 0 saturated carbocycles. The van der Waals surface area contributed by atoms with Crippen molar-refractivity contribution in [3.8, 4) is 5.75 Å². The SMILES string of the molecule is CCNC(=NCc1ccc(F)c(CO)c1)NCc1ccc(C)cc1OCC(F)(F)F.I. The summed E-state index contributed by atoms with van der Waals surface area (Å²) in [6.45, 7) is 2.88. The minimum absolute atomic E-state index is 0. The molecule has 0 aliphatic heterocycles. The third-order valence-electron chi connectivity index (χ3n) is 4.10. The number of rotatable bonds is 8. The predicted molar refractivity (Wildman–Crippen MR) is 122 cm³/mol. The molecular weight excluding hydrogens is 529 g/mol.